The van der Waals surface area contributed by atoms with Crippen molar-refractivity contribution < 1.29 is 20.1 Å². The van der Waals surface area contributed by atoms with Crippen molar-refractivity contribution in [3.05, 3.63) is 23.3 Å². The summed E-state index contributed by atoms with van der Waals surface area (Å²) in [6, 6.07) is 0. The normalized spacial score (nSPS) is 34.7. The maximum Gasteiger partial charge on any atom is 0.0700 e. The molecule has 0 radical (unpaired) electrons. The molecule has 0 bridgehead atoms. The van der Waals surface area contributed by atoms with Gasteiger partial charge in [-0.05, 0) is 89.9 Å². The van der Waals surface area contributed by atoms with E-state index >= 15 is 0 Å². The molecule has 0 aromatic heterocycles. The Bertz CT molecular complexity index is 683. The lowest BCUT2D eigenvalue weighted by Gasteiger charge is -2.43. The van der Waals surface area contributed by atoms with Crippen LogP contribution < -0.4 is 0 Å². The Hall–Kier alpha value is -1.12. The van der Waals surface area contributed by atoms with Gasteiger partial charge in [0, 0.05) is 12.8 Å². The topological polar surface area (TPSA) is 69.9 Å². The summed E-state index contributed by atoms with van der Waals surface area (Å²) in [5.74, 6) is 6.15. The number of ether oxygens (including phenoxy) is 1. The summed E-state index contributed by atoms with van der Waals surface area (Å²) >= 11 is 0. The standard InChI is InChI=1S/C27H42O4/c1-26(2,30)12-4-3-5-16-31-25-10-14-27(15-11-25)13-6-7-21(20-27)8-9-22-17-23(28)19-24(29)18-22/h8-9,23-25,28-30H,5-7,10-20H2,1-2H3/b21-8+,22-9?/t23-,24+,25?,27?. The first kappa shape index (κ1) is 24.5. The van der Waals surface area contributed by atoms with Crippen molar-refractivity contribution >= 4 is 0 Å². The number of aliphatic hydroxyl groups is 3. The molecule has 4 nitrogen and oxygen atoms in total. The highest BCUT2D eigenvalue weighted by Gasteiger charge is 2.37. The third-order valence-corrected chi connectivity index (χ3v) is 7.12. The van der Waals surface area contributed by atoms with Crippen LogP contribution in [0.25, 0.3) is 0 Å². The Labute approximate surface area is 188 Å². The highest BCUT2D eigenvalue weighted by molar-refractivity contribution is 5.22. The third-order valence-electron chi connectivity index (χ3n) is 7.12. The van der Waals surface area contributed by atoms with Crippen LogP contribution in [0.3, 0.4) is 0 Å². The van der Waals surface area contributed by atoms with Gasteiger partial charge in [0.1, 0.15) is 0 Å². The molecule has 0 saturated heterocycles. The van der Waals surface area contributed by atoms with Gasteiger partial charge in [-0.15, -0.1) is 11.8 Å². The van der Waals surface area contributed by atoms with Gasteiger partial charge < -0.3 is 20.1 Å². The number of rotatable bonds is 5. The molecule has 0 unspecified atom stereocenters. The maximum atomic E-state index is 9.90. The van der Waals surface area contributed by atoms with Crippen molar-refractivity contribution in [3.63, 3.8) is 0 Å². The molecule has 0 aliphatic heterocycles. The summed E-state index contributed by atoms with van der Waals surface area (Å²) in [5.41, 5.74) is 2.45. The summed E-state index contributed by atoms with van der Waals surface area (Å²) < 4.78 is 6.09. The third kappa shape index (κ3) is 8.39. The van der Waals surface area contributed by atoms with Gasteiger partial charge in [0.2, 0.25) is 0 Å². The SMILES string of the molecule is CC(C)(O)CC#CCCOC1CCC2(CCC/C(=C\C=C3C[C@@H](O)C[C@@H](O)C3)C2)CC1. The van der Waals surface area contributed by atoms with E-state index in [9.17, 15) is 15.3 Å². The molecule has 3 aliphatic carbocycles. The zero-order valence-electron chi connectivity index (χ0n) is 19.5. The minimum Gasteiger partial charge on any atom is -0.393 e. The second-order valence-corrected chi connectivity index (χ2v) is 10.8. The predicted molar refractivity (Wildman–Crippen MR) is 124 cm³/mol. The van der Waals surface area contributed by atoms with Crippen LogP contribution in [0.1, 0.15) is 97.3 Å². The first-order valence-corrected chi connectivity index (χ1v) is 12.3. The molecule has 31 heavy (non-hydrogen) atoms. The van der Waals surface area contributed by atoms with Crippen LogP contribution in [0.5, 0.6) is 0 Å². The van der Waals surface area contributed by atoms with Gasteiger partial charge in [-0.3, -0.25) is 0 Å². The van der Waals surface area contributed by atoms with Crippen LogP contribution >= 0.6 is 0 Å². The Morgan fingerprint density at radius 2 is 1.71 bits per heavy atom. The van der Waals surface area contributed by atoms with Crippen LogP contribution in [0.4, 0.5) is 0 Å². The Morgan fingerprint density at radius 1 is 1.03 bits per heavy atom. The van der Waals surface area contributed by atoms with E-state index in [0.717, 1.165) is 19.3 Å². The Morgan fingerprint density at radius 3 is 2.39 bits per heavy atom. The molecular weight excluding hydrogens is 388 g/mol. The van der Waals surface area contributed by atoms with Crippen LogP contribution in [0, 0.1) is 17.3 Å². The van der Waals surface area contributed by atoms with Crippen LogP contribution in [0.15, 0.2) is 23.3 Å². The molecule has 0 heterocycles. The molecule has 2 atom stereocenters. The quantitative estimate of drug-likeness (QED) is 0.432. The average Bonchev–Trinajstić information content (AvgIpc) is 2.69. The zero-order chi connectivity index (χ0) is 22.3. The molecular formula is C27H42O4. The van der Waals surface area contributed by atoms with E-state index in [-0.39, 0.29) is 0 Å². The highest BCUT2D eigenvalue weighted by atomic mass is 16.5. The van der Waals surface area contributed by atoms with Crippen molar-refractivity contribution in [2.75, 3.05) is 6.61 Å². The lowest BCUT2D eigenvalue weighted by Crippen LogP contribution is -2.33. The fraction of sp³-hybridized carbons (Fsp3) is 0.778. The minimum absolute atomic E-state index is 0.364. The molecule has 0 aromatic rings. The van der Waals surface area contributed by atoms with E-state index in [2.05, 4.69) is 24.0 Å². The van der Waals surface area contributed by atoms with Gasteiger partial charge >= 0.3 is 0 Å². The lowest BCUT2D eigenvalue weighted by atomic mass is 9.63. The van der Waals surface area contributed by atoms with Crippen molar-refractivity contribution in [1.29, 1.82) is 0 Å². The first-order valence-electron chi connectivity index (χ1n) is 12.3. The second kappa shape index (κ2) is 11.1. The molecule has 0 amide bonds. The van der Waals surface area contributed by atoms with Gasteiger partial charge in [-0.2, -0.15) is 0 Å². The minimum atomic E-state index is -0.714. The Balaban J connectivity index is 1.42. The van der Waals surface area contributed by atoms with Crippen molar-refractivity contribution in [3.8, 4) is 11.8 Å². The number of aliphatic hydroxyl groups excluding tert-OH is 2. The molecule has 3 N–H and O–H groups in total. The van der Waals surface area contributed by atoms with Gasteiger partial charge in [0.15, 0.2) is 0 Å². The van der Waals surface area contributed by atoms with Crippen molar-refractivity contribution in [1.82, 2.24) is 0 Å². The predicted octanol–water partition coefficient (Wildman–Crippen LogP) is 4.82. The second-order valence-electron chi connectivity index (χ2n) is 10.8. The van der Waals surface area contributed by atoms with Crippen LogP contribution in [-0.2, 0) is 4.74 Å². The summed E-state index contributed by atoms with van der Waals surface area (Å²) in [5, 5.41) is 29.5. The number of hydrogen-bond donors (Lipinski definition) is 3. The fourth-order valence-electron chi connectivity index (χ4n) is 5.47. The van der Waals surface area contributed by atoms with Crippen LogP contribution in [-0.4, -0.2) is 45.8 Å². The van der Waals surface area contributed by atoms with E-state index in [1.807, 2.05) is 0 Å². The summed E-state index contributed by atoms with van der Waals surface area (Å²) in [6.07, 6.45) is 16.9. The molecule has 3 rings (SSSR count). The molecule has 174 valence electrons. The van der Waals surface area contributed by atoms with E-state index < -0.39 is 17.8 Å². The van der Waals surface area contributed by atoms with E-state index in [4.69, 9.17) is 4.74 Å². The number of hydrogen-bond acceptors (Lipinski definition) is 4. The van der Waals surface area contributed by atoms with Crippen molar-refractivity contribution in [2.24, 2.45) is 5.41 Å². The molecule has 0 aromatic carbocycles. The summed E-state index contributed by atoms with van der Waals surface area (Å²) in [7, 11) is 0. The molecule has 4 heteroatoms. The van der Waals surface area contributed by atoms with E-state index in [1.54, 1.807) is 13.8 Å². The van der Waals surface area contributed by atoms with Gasteiger partial charge in [-0.1, -0.05) is 23.3 Å². The van der Waals surface area contributed by atoms with Gasteiger partial charge in [0.25, 0.3) is 0 Å². The monoisotopic (exact) mass is 430 g/mol. The maximum absolute atomic E-state index is 9.90. The van der Waals surface area contributed by atoms with E-state index in [0.29, 0.717) is 43.8 Å². The largest absolute Gasteiger partial charge is 0.393 e. The molecule has 3 fully saturated rings. The molecule has 1 spiro atoms. The highest BCUT2D eigenvalue weighted by Crippen LogP contribution is 2.49. The summed E-state index contributed by atoms with van der Waals surface area (Å²) in [4.78, 5) is 0. The lowest BCUT2D eigenvalue weighted by molar-refractivity contribution is -0.00690. The van der Waals surface area contributed by atoms with Gasteiger partial charge in [-0.25, -0.2) is 0 Å². The molecule has 3 aliphatic rings. The fourth-order valence-corrected chi connectivity index (χ4v) is 5.47. The zero-order valence-corrected chi connectivity index (χ0v) is 19.5. The summed E-state index contributed by atoms with van der Waals surface area (Å²) in [6.45, 7) is 4.25. The Kier molecular flexibility index (Phi) is 8.82. The van der Waals surface area contributed by atoms with E-state index in [1.165, 1.54) is 49.7 Å². The average molecular weight is 431 g/mol. The van der Waals surface area contributed by atoms with Crippen molar-refractivity contribution in [2.45, 2.75) is 121 Å². The first-order chi connectivity index (χ1) is 14.7. The van der Waals surface area contributed by atoms with Gasteiger partial charge in [0.05, 0.1) is 30.5 Å². The van der Waals surface area contributed by atoms with Crippen LogP contribution in [0.2, 0.25) is 0 Å². The molecule has 3 saturated carbocycles. The smallest absolute Gasteiger partial charge is 0.0700 e. The number of allylic oxidation sites excluding steroid dienone is 3.